The maximum absolute atomic E-state index is 13.3. The summed E-state index contributed by atoms with van der Waals surface area (Å²) in [5.74, 6) is -0.443. The lowest BCUT2D eigenvalue weighted by Gasteiger charge is -2.34. The Kier molecular flexibility index (Phi) is 4.10. The second kappa shape index (κ2) is 6.17. The van der Waals surface area contributed by atoms with Crippen molar-refractivity contribution in [2.24, 2.45) is 0 Å². The smallest absolute Gasteiger partial charge is 0.273 e. The van der Waals surface area contributed by atoms with Gasteiger partial charge < -0.3 is 10.2 Å². The summed E-state index contributed by atoms with van der Waals surface area (Å²) in [6.45, 7) is 1.54. The standard InChI is InChI=1S/C14H15FN4OS/c15-10-3-1-5-12(7-10)19-6-2-4-11(8-19)16-14(20)13-9-21-18-17-13/h1,3,5,7,9,11H,2,4,6,8H2,(H,16,20)/t11-/m0/s1. The summed E-state index contributed by atoms with van der Waals surface area (Å²) >= 11 is 1.15. The SMILES string of the molecule is O=C(N[C@H]1CCCN(c2cccc(F)c2)C1)c1csnn1. The molecule has 0 saturated carbocycles. The highest BCUT2D eigenvalue weighted by Gasteiger charge is 2.23. The number of aromatic nitrogens is 2. The Balaban J connectivity index is 1.64. The van der Waals surface area contributed by atoms with E-state index in [1.807, 2.05) is 6.07 Å². The van der Waals surface area contributed by atoms with Gasteiger partial charge in [0.25, 0.3) is 5.91 Å². The zero-order chi connectivity index (χ0) is 14.7. The molecular formula is C14H15FN4OS. The maximum atomic E-state index is 13.3. The van der Waals surface area contributed by atoms with Crippen LogP contribution >= 0.6 is 11.5 Å². The van der Waals surface area contributed by atoms with Gasteiger partial charge in [0.1, 0.15) is 5.82 Å². The maximum Gasteiger partial charge on any atom is 0.273 e. The second-order valence-corrected chi connectivity index (χ2v) is 5.64. The van der Waals surface area contributed by atoms with Crippen molar-refractivity contribution in [3.05, 3.63) is 41.2 Å². The summed E-state index contributed by atoms with van der Waals surface area (Å²) in [5, 5.41) is 8.36. The number of piperidine rings is 1. The molecule has 1 N–H and O–H groups in total. The van der Waals surface area contributed by atoms with Gasteiger partial charge in [0.05, 0.1) is 0 Å². The van der Waals surface area contributed by atoms with Crippen molar-refractivity contribution in [3.8, 4) is 0 Å². The fourth-order valence-corrected chi connectivity index (χ4v) is 2.96. The Morgan fingerprint density at radius 1 is 1.48 bits per heavy atom. The minimum absolute atomic E-state index is 0.0382. The van der Waals surface area contributed by atoms with Crippen LogP contribution in [0.4, 0.5) is 10.1 Å². The molecule has 7 heteroatoms. The summed E-state index contributed by atoms with van der Waals surface area (Å²) in [4.78, 5) is 14.1. The Bertz CT molecular complexity index is 619. The van der Waals surface area contributed by atoms with Crippen LogP contribution < -0.4 is 10.2 Å². The number of nitrogens with zero attached hydrogens (tertiary/aromatic N) is 3. The van der Waals surface area contributed by atoms with Crippen LogP contribution in [-0.2, 0) is 0 Å². The quantitative estimate of drug-likeness (QED) is 0.943. The first kappa shape index (κ1) is 13.9. The lowest BCUT2D eigenvalue weighted by molar-refractivity contribution is 0.0928. The van der Waals surface area contributed by atoms with Gasteiger partial charge in [-0.05, 0) is 42.6 Å². The molecule has 1 aliphatic heterocycles. The first-order valence-corrected chi connectivity index (χ1v) is 7.64. The molecule has 1 aromatic carbocycles. The fraction of sp³-hybridized carbons (Fsp3) is 0.357. The molecule has 1 aliphatic rings. The number of hydrogen-bond acceptors (Lipinski definition) is 5. The van der Waals surface area contributed by atoms with Gasteiger partial charge in [0.15, 0.2) is 5.69 Å². The molecule has 0 radical (unpaired) electrons. The van der Waals surface area contributed by atoms with Gasteiger partial charge in [-0.15, -0.1) is 5.10 Å². The van der Waals surface area contributed by atoms with Crippen LogP contribution in [0.5, 0.6) is 0 Å². The van der Waals surface area contributed by atoms with E-state index in [0.29, 0.717) is 12.2 Å². The van der Waals surface area contributed by atoms with E-state index in [1.165, 1.54) is 12.1 Å². The Hall–Kier alpha value is -2.02. The normalized spacial score (nSPS) is 18.5. The molecule has 3 rings (SSSR count). The topological polar surface area (TPSA) is 58.1 Å². The van der Waals surface area contributed by atoms with Crippen LogP contribution in [0.3, 0.4) is 0 Å². The average molecular weight is 306 g/mol. The minimum atomic E-state index is -0.243. The highest BCUT2D eigenvalue weighted by Crippen LogP contribution is 2.20. The monoisotopic (exact) mass is 306 g/mol. The molecule has 1 atom stereocenters. The van der Waals surface area contributed by atoms with E-state index >= 15 is 0 Å². The number of amides is 1. The minimum Gasteiger partial charge on any atom is -0.369 e. The third kappa shape index (κ3) is 3.36. The third-order valence-electron chi connectivity index (χ3n) is 3.52. The number of nitrogens with one attached hydrogen (secondary N) is 1. The molecule has 1 saturated heterocycles. The summed E-state index contributed by atoms with van der Waals surface area (Å²) < 4.78 is 17.0. The summed E-state index contributed by atoms with van der Waals surface area (Å²) in [5.41, 5.74) is 1.20. The zero-order valence-electron chi connectivity index (χ0n) is 11.3. The molecule has 0 bridgehead atoms. The predicted octanol–water partition coefficient (Wildman–Crippen LogP) is 2.08. The van der Waals surface area contributed by atoms with Gasteiger partial charge >= 0.3 is 0 Å². The number of benzene rings is 1. The number of carbonyl (C=O) groups excluding carboxylic acids is 1. The first-order valence-electron chi connectivity index (χ1n) is 6.81. The van der Waals surface area contributed by atoms with Gasteiger partial charge in [-0.1, -0.05) is 10.6 Å². The van der Waals surface area contributed by atoms with E-state index in [9.17, 15) is 9.18 Å². The Morgan fingerprint density at radius 2 is 2.38 bits per heavy atom. The molecule has 110 valence electrons. The number of carbonyl (C=O) groups is 1. The molecule has 2 heterocycles. The summed E-state index contributed by atoms with van der Waals surface area (Å²) in [6, 6.07) is 6.58. The highest BCUT2D eigenvalue weighted by molar-refractivity contribution is 7.03. The van der Waals surface area contributed by atoms with E-state index in [1.54, 1.807) is 11.4 Å². The van der Waals surface area contributed by atoms with E-state index < -0.39 is 0 Å². The molecule has 5 nitrogen and oxygen atoms in total. The van der Waals surface area contributed by atoms with Gasteiger partial charge in [-0.25, -0.2) is 4.39 Å². The highest BCUT2D eigenvalue weighted by atomic mass is 32.1. The molecule has 0 aliphatic carbocycles. The number of anilines is 1. The van der Waals surface area contributed by atoms with Gasteiger partial charge in [0, 0.05) is 30.2 Å². The van der Waals surface area contributed by atoms with Crippen molar-refractivity contribution in [1.82, 2.24) is 14.9 Å². The first-order chi connectivity index (χ1) is 10.2. The van der Waals surface area contributed by atoms with Crippen LogP contribution in [0.2, 0.25) is 0 Å². The number of hydrogen-bond donors (Lipinski definition) is 1. The van der Waals surface area contributed by atoms with Crippen LogP contribution in [0.1, 0.15) is 23.3 Å². The van der Waals surface area contributed by atoms with Crippen molar-refractivity contribution >= 4 is 23.1 Å². The number of rotatable bonds is 3. The predicted molar refractivity (Wildman–Crippen MR) is 79.0 cm³/mol. The molecule has 0 unspecified atom stereocenters. The van der Waals surface area contributed by atoms with Gasteiger partial charge in [-0.2, -0.15) is 0 Å². The van der Waals surface area contributed by atoms with E-state index in [4.69, 9.17) is 0 Å². The van der Waals surface area contributed by atoms with E-state index in [2.05, 4.69) is 19.8 Å². The van der Waals surface area contributed by atoms with Crippen molar-refractivity contribution in [3.63, 3.8) is 0 Å². The van der Waals surface area contributed by atoms with E-state index in [0.717, 1.165) is 36.6 Å². The third-order valence-corrected chi connectivity index (χ3v) is 4.03. The molecule has 1 aromatic heterocycles. The van der Waals surface area contributed by atoms with Crippen LogP contribution in [0, 0.1) is 5.82 Å². The van der Waals surface area contributed by atoms with Crippen molar-refractivity contribution < 1.29 is 9.18 Å². The van der Waals surface area contributed by atoms with Crippen molar-refractivity contribution in [2.45, 2.75) is 18.9 Å². The largest absolute Gasteiger partial charge is 0.369 e. The van der Waals surface area contributed by atoms with Crippen molar-refractivity contribution in [1.29, 1.82) is 0 Å². The molecule has 21 heavy (non-hydrogen) atoms. The van der Waals surface area contributed by atoms with E-state index in [-0.39, 0.29) is 17.8 Å². The number of halogens is 1. The van der Waals surface area contributed by atoms with Crippen LogP contribution in [0.25, 0.3) is 0 Å². The molecule has 1 amide bonds. The second-order valence-electron chi connectivity index (χ2n) is 5.03. The lowest BCUT2D eigenvalue weighted by Crippen LogP contribution is -2.48. The van der Waals surface area contributed by atoms with Crippen LogP contribution in [0.15, 0.2) is 29.6 Å². The molecular weight excluding hydrogens is 291 g/mol. The zero-order valence-corrected chi connectivity index (χ0v) is 12.1. The lowest BCUT2D eigenvalue weighted by atomic mass is 10.0. The summed E-state index contributed by atoms with van der Waals surface area (Å²) in [6.07, 6.45) is 1.87. The van der Waals surface area contributed by atoms with Crippen LogP contribution in [-0.4, -0.2) is 34.6 Å². The van der Waals surface area contributed by atoms with Gasteiger partial charge in [0.2, 0.25) is 0 Å². The molecule has 2 aromatic rings. The average Bonchev–Trinajstić information content (AvgIpc) is 3.02. The Labute approximate surface area is 125 Å². The molecule has 1 fully saturated rings. The van der Waals surface area contributed by atoms with Crippen molar-refractivity contribution in [2.75, 3.05) is 18.0 Å². The molecule has 0 spiro atoms. The summed E-state index contributed by atoms with van der Waals surface area (Å²) in [7, 11) is 0. The van der Waals surface area contributed by atoms with Gasteiger partial charge in [-0.3, -0.25) is 4.79 Å². The Morgan fingerprint density at radius 3 is 3.14 bits per heavy atom. The fourth-order valence-electron chi connectivity index (χ4n) is 2.53.